The van der Waals surface area contributed by atoms with Crippen molar-refractivity contribution in [2.24, 2.45) is 5.73 Å². The molecule has 0 aliphatic carbocycles. The predicted octanol–water partition coefficient (Wildman–Crippen LogP) is 4.50. The number of benzene rings is 3. The number of aliphatic hydroxyl groups excluding tert-OH is 1. The van der Waals surface area contributed by atoms with Crippen molar-refractivity contribution in [2.45, 2.75) is 6.42 Å². The molecule has 32 heavy (non-hydrogen) atoms. The second-order valence-electron chi connectivity index (χ2n) is 6.51. The number of nitrogens with two attached hydrogens (primary N) is 1. The lowest BCUT2D eigenvalue weighted by molar-refractivity contribution is -0.384. The summed E-state index contributed by atoms with van der Waals surface area (Å²) in [6, 6.07) is 16.5. The summed E-state index contributed by atoms with van der Waals surface area (Å²) in [6.45, 7) is 0.472. The number of carbonyl (C=O) groups is 1. The number of phenols is 1. The third kappa shape index (κ3) is 7.03. The van der Waals surface area contributed by atoms with Gasteiger partial charge in [-0.2, -0.15) is 0 Å². The number of carbonyl (C=O) groups excluding carboxylic acids is 1. The lowest BCUT2D eigenvalue weighted by atomic mass is 10.0. The Bertz CT molecular complexity index is 1090. The quantitative estimate of drug-likeness (QED) is 0.278. The Kier molecular flexibility index (Phi) is 9.61. The van der Waals surface area contributed by atoms with E-state index in [1.807, 2.05) is 30.3 Å². The van der Waals surface area contributed by atoms with Crippen molar-refractivity contribution in [1.82, 2.24) is 0 Å². The topological polar surface area (TPSA) is 139 Å². The van der Waals surface area contributed by atoms with Crippen molar-refractivity contribution >= 4 is 44.8 Å². The molecule has 1 amide bonds. The first-order chi connectivity index (χ1) is 15.3. The molecular formula is C22H21BrClN3O5. The molecule has 3 aromatic carbocycles. The van der Waals surface area contributed by atoms with Crippen LogP contribution in [0.4, 0.5) is 11.4 Å². The minimum absolute atomic E-state index is 0.0292. The van der Waals surface area contributed by atoms with Gasteiger partial charge in [0.15, 0.2) is 0 Å². The number of hydrogen-bond acceptors (Lipinski definition) is 6. The number of anilines is 1. The zero-order chi connectivity index (χ0) is 23.7. The first kappa shape index (κ1) is 25.3. The summed E-state index contributed by atoms with van der Waals surface area (Å²) in [5.41, 5.74) is 6.44. The Morgan fingerprint density at radius 1 is 1.16 bits per heavy atom. The van der Waals surface area contributed by atoms with E-state index in [0.717, 1.165) is 11.6 Å². The van der Waals surface area contributed by atoms with Crippen molar-refractivity contribution in [3.8, 4) is 5.75 Å². The minimum Gasteiger partial charge on any atom is -0.507 e. The van der Waals surface area contributed by atoms with Crippen molar-refractivity contribution < 1.29 is 19.9 Å². The van der Waals surface area contributed by atoms with Gasteiger partial charge >= 0.3 is 0 Å². The fraction of sp³-hybridized carbons (Fsp3) is 0.136. The third-order valence-electron chi connectivity index (χ3n) is 4.18. The average Bonchev–Trinajstić information content (AvgIpc) is 2.78. The van der Waals surface area contributed by atoms with E-state index >= 15 is 0 Å². The van der Waals surface area contributed by atoms with Gasteiger partial charge in [0.1, 0.15) is 5.75 Å². The second kappa shape index (κ2) is 12.2. The number of aromatic hydroxyl groups is 1. The molecule has 0 aliphatic heterocycles. The summed E-state index contributed by atoms with van der Waals surface area (Å²) in [7, 11) is 0. The van der Waals surface area contributed by atoms with Crippen LogP contribution in [0.15, 0.2) is 65.1 Å². The highest BCUT2D eigenvalue weighted by molar-refractivity contribution is 9.10. The van der Waals surface area contributed by atoms with E-state index in [0.29, 0.717) is 23.0 Å². The number of aliphatic hydroxyl groups is 1. The Balaban J connectivity index is 0.000000837. The molecule has 0 heterocycles. The highest BCUT2D eigenvalue weighted by Gasteiger charge is 2.18. The number of rotatable bonds is 6. The number of amides is 1. The highest BCUT2D eigenvalue weighted by atomic mass is 79.9. The van der Waals surface area contributed by atoms with Crippen LogP contribution in [-0.2, 0) is 6.42 Å². The van der Waals surface area contributed by atoms with Crippen molar-refractivity contribution in [3.05, 3.63) is 97.0 Å². The van der Waals surface area contributed by atoms with Crippen LogP contribution in [0.5, 0.6) is 5.75 Å². The largest absolute Gasteiger partial charge is 0.507 e. The third-order valence-corrected chi connectivity index (χ3v) is 4.95. The van der Waals surface area contributed by atoms with Crippen molar-refractivity contribution in [1.29, 1.82) is 0 Å². The number of nitrogens with zero attached hydrogens (tertiary/aromatic N) is 1. The Morgan fingerprint density at radius 2 is 1.81 bits per heavy atom. The summed E-state index contributed by atoms with van der Waals surface area (Å²) >= 11 is 9.39. The molecule has 0 bridgehead atoms. The zero-order valence-electron chi connectivity index (χ0n) is 16.8. The van der Waals surface area contributed by atoms with Crippen LogP contribution in [0.25, 0.3) is 0 Å². The predicted molar refractivity (Wildman–Crippen MR) is 127 cm³/mol. The van der Waals surface area contributed by atoms with Crippen molar-refractivity contribution in [3.63, 3.8) is 0 Å². The zero-order valence-corrected chi connectivity index (χ0v) is 19.1. The maximum atomic E-state index is 12.7. The van der Waals surface area contributed by atoms with E-state index < -0.39 is 10.8 Å². The molecule has 3 aromatic rings. The monoisotopic (exact) mass is 521 g/mol. The smallest absolute Gasteiger partial charge is 0.271 e. The summed E-state index contributed by atoms with van der Waals surface area (Å²) in [5, 5.41) is 31.8. The maximum Gasteiger partial charge on any atom is 0.271 e. The van der Waals surface area contributed by atoms with E-state index in [1.165, 1.54) is 18.2 Å². The van der Waals surface area contributed by atoms with Gasteiger partial charge in [0.2, 0.25) is 0 Å². The molecule has 0 aromatic heterocycles. The van der Waals surface area contributed by atoms with E-state index in [1.54, 1.807) is 6.07 Å². The molecule has 0 aliphatic rings. The van der Waals surface area contributed by atoms with Crippen LogP contribution in [0, 0.1) is 10.1 Å². The molecule has 0 unspecified atom stereocenters. The van der Waals surface area contributed by atoms with Crippen LogP contribution in [-0.4, -0.2) is 34.2 Å². The number of non-ortho nitro benzene ring substituents is 1. The first-order valence-corrected chi connectivity index (χ1v) is 10.6. The van der Waals surface area contributed by atoms with Gasteiger partial charge < -0.3 is 21.3 Å². The first-order valence-electron chi connectivity index (χ1n) is 9.38. The molecule has 0 fully saturated rings. The number of phenolic OH excluding ortho intramolecular Hbond substituents is 1. The van der Waals surface area contributed by atoms with E-state index in [-0.39, 0.29) is 34.3 Å². The maximum absolute atomic E-state index is 12.7. The normalized spacial score (nSPS) is 10.1. The Morgan fingerprint density at radius 3 is 2.38 bits per heavy atom. The number of nitrogens with one attached hydrogen (secondary N) is 1. The van der Waals surface area contributed by atoms with Gasteiger partial charge in [-0.05, 0) is 23.8 Å². The lowest BCUT2D eigenvalue weighted by Gasteiger charge is -2.12. The number of nitro benzene ring substituents is 1. The van der Waals surface area contributed by atoms with Gasteiger partial charge in [-0.1, -0.05) is 57.9 Å². The van der Waals surface area contributed by atoms with Gasteiger partial charge in [-0.15, -0.1) is 0 Å². The van der Waals surface area contributed by atoms with Crippen molar-refractivity contribution in [2.75, 3.05) is 18.5 Å². The van der Waals surface area contributed by atoms with E-state index in [4.69, 9.17) is 22.4 Å². The summed E-state index contributed by atoms with van der Waals surface area (Å²) in [6.07, 6.45) is 0.449. The fourth-order valence-electron chi connectivity index (χ4n) is 2.69. The van der Waals surface area contributed by atoms with Crippen LogP contribution in [0.2, 0.25) is 5.02 Å². The molecular weight excluding hydrogens is 502 g/mol. The highest BCUT2D eigenvalue weighted by Crippen LogP contribution is 2.32. The molecule has 8 nitrogen and oxygen atoms in total. The Labute approximate surface area is 197 Å². The van der Waals surface area contributed by atoms with Crippen LogP contribution in [0.3, 0.4) is 0 Å². The van der Waals surface area contributed by atoms with E-state index in [2.05, 4.69) is 21.2 Å². The summed E-state index contributed by atoms with van der Waals surface area (Å²) in [4.78, 5) is 22.9. The van der Waals surface area contributed by atoms with Crippen LogP contribution < -0.4 is 11.1 Å². The molecule has 0 saturated carbocycles. The SMILES string of the molecule is NCCO.O=C(Nc1ccc([N+](=O)[O-])cc1Cl)c1cc(Br)cc(Cc2ccccc2)c1O. The molecule has 10 heteroatoms. The molecule has 168 valence electrons. The van der Waals surface area contributed by atoms with Gasteiger partial charge in [0.05, 0.1) is 27.8 Å². The second-order valence-corrected chi connectivity index (χ2v) is 7.83. The lowest BCUT2D eigenvalue weighted by Crippen LogP contribution is -2.13. The molecule has 0 atom stereocenters. The van der Waals surface area contributed by atoms with Gasteiger partial charge in [-0.3, -0.25) is 14.9 Å². The van der Waals surface area contributed by atoms with Gasteiger partial charge in [-0.25, -0.2) is 0 Å². The Hall–Kier alpha value is -2.98. The number of hydrogen-bond donors (Lipinski definition) is 4. The fourth-order valence-corrected chi connectivity index (χ4v) is 3.42. The molecule has 0 radical (unpaired) electrons. The summed E-state index contributed by atoms with van der Waals surface area (Å²) in [5.74, 6) is -0.716. The van der Waals surface area contributed by atoms with Gasteiger partial charge in [0, 0.05) is 35.1 Å². The minimum atomic E-state index is -0.580. The standard InChI is InChI=1S/C20H14BrClN2O4.C2H7NO/c21-14-9-13(8-12-4-2-1-3-5-12)19(25)16(10-14)20(26)23-18-7-6-15(24(27)28)11-17(18)22;3-1-2-4/h1-7,9-11,25H,8H2,(H,23,26);4H,1-3H2. The average molecular weight is 523 g/mol. The van der Waals surface area contributed by atoms with Crippen LogP contribution in [0.1, 0.15) is 21.5 Å². The summed E-state index contributed by atoms with van der Waals surface area (Å²) < 4.78 is 0.635. The number of halogens is 2. The number of nitro groups is 1. The molecule has 5 N–H and O–H groups in total. The molecule has 0 spiro atoms. The molecule has 0 saturated heterocycles. The van der Waals surface area contributed by atoms with Gasteiger partial charge in [0.25, 0.3) is 11.6 Å². The van der Waals surface area contributed by atoms with E-state index in [9.17, 15) is 20.0 Å². The molecule has 3 rings (SSSR count). The van der Waals surface area contributed by atoms with Crippen LogP contribution >= 0.6 is 27.5 Å².